The molecule has 1 N–H and O–H groups in total. The van der Waals surface area contributed by atoms with Gasteiger partial charge >= 0.3 is 0 Å². The van der Waals surface area contributed by atoms with Crippen molar-refractivity contribution in [3.8, 4) is 0 Å². The molecule has 29 heavy (non-hydrogen) atoms. The van der Waals surface area contributed by atoms with E-state index in [-0.39, 0.29) is 0 Å². The third-order valence-electron chi connectivity index (χ3n) is 5.25. The Morgan fingerprint density at radius 3 is 2.45 bits per heavy atom. The number of aromatic nitrogens is 2. The number of aliphatic hydroxyl groups excluding tert-OH is 1. The molecular formula is C22H31ClN4O2. The maximum Gasteiger partial charge on any atom is 0.136 e. The summed E-state index contributed by atoms with van der Waals surface area (Å²) in [5.74, 6) is 1.83. The average molecular weight is 419 g/mol. The molecule has 1 aliphatic rings. The van der Waals surface area contributed by atoms with Crippen LogP contribution in [0.3, 0.4) is 0 Å². The quantitative estimate of drug-likeness (QED) is 0.711. The lowest BCUT2D eigenvalue weighted by atomic mass is 10.0. The maximum atomic E-state index is 10.1. The van der Waals surface area contributed by atoms with Crippen LogP contribution in [0.25, 0.3) is 0 Å². The first-order valence-corrected chi connectivity index (χ1v) is 10.7. The van der Waals surface area contributed by atoms with Crippen LogP contribution in [0.4, 0.5) is 5.82 Å². The van der Waals surface area contributed by atoms with Gasteiger partial charge in [-0.3, -0.25) is 4.90 Å². The fourth-order valence-corrected chi connectivity index (χ4v) is 3.87. The largest absolute Gasteiger partial charge is 0.389 e. The number of anilines is 1. The van der Waals surface area contributed by atoms with Gasteiger partial charge in [-0.1, -0.05) is 23.7 Å². The van der Waals surface area contributed by atoms with Crippen molar-refractivity contribution in [2.75, 3.05) is 50.8 Å². The highest BCUT2D eigenvalue weighted by Gasteiger charge is 2.23. The molecule has 0 saturated carbocycles. The van der Waals surface area contributed by atoms with Crippen LogP contribution in [0, 0.1) is 13.8 Å². The molecule has 1 aromatic carbocycles. The molecule has 1 unspecified atom stereocenters. The molecule has 7 heteroatoms. The van der Waals surface area contributed by atoms with Crippen LogP contribution < -0.4 is 4.90 Å². The summed E-state index contributed by atoms with van der Waals surface area (Å²) >= 11 is 6.03. The third-order valence-corrected chi connectivity index (χ3v) is 5.51. The predicted octanol–water partition coefficient (Wildman–Crippen LogP) is 2.86. The lowest BCUT2D eigenvalue weighted by molar-refractivity contribution is 0.0202. The molecule has 1 fully saturated rings. The normalized spacial score (nSPS) is 16.2. The zero-order valence-corrected chi connectivity index (χ0v) is 18.3. The van der Waals surface area contributed by atoms with E-state index in [4.69, 9.17) is 21.3 Å². The second kappa shape index (κ2) is 10.3. The van der Waals surface area contributed by atoms with E-state index in [2.05, 4.69) is 33.8 Å². The molecule has 1 aromatic heterocycles. The highest BCUT2D eigenvalue weighted by molar-refractivity contribution is 6.30. The first-order valence-electron chi connectivity index (χ1n) is 10.3. The Kier molecular flexibility index (Phi) is 7.84. The van der Waals surface area contributed by atoms with Crippen LogP contribution >= 0.6 is 11.6 Å². The summed E-state index contributed by atoms with van der Waals surface area (Å²) in [7, 11) is 0. The smallest absolute Gasteiger partial charge is 0.136 e. The molecule has 0 aliphatic carbocycles. The average Bonchev–Trinajstić information content (AvgIpc) is 2.70. The minimum absolute atomic E-state index is 0.395. The van der Waals surface area contributed by atoms with Gasteiger partial charge in [-0.15, -0.1) is 0 Å². The number of β-amino-alcohol motifs (C(OH)–C–C–N with tert-alkyl or cyclic N) is 1. The lowest BCUT2D eigenvalue weighted by Crippen LogP contribution is -2.49. The number of ether oxygens (including phenoxy) is 1. The number of hydrogen-bond acceptors (Lipinski definition) is 6. The lowest BCUT2D eigenvalue weighted by Gasteiger charge is -2.37. The highest BCUT2D eigenvalue weighted by atomic mass is 35.5. The van der Waals surface area contributed by atoms with Crippen LogP contribution in [0.5, 0.6) is 0 Å². The van der Waals surface area contributed by atoms with E-state index in [1.165, 1.54) is 11.1 Å². The van der Waals surface area contributed by atoms with Crippen LogP contribution in [-0.4, -0.2) is 72.0 Å². The molecule has 0 spiro atoms. The van der Waals surface area contributed by atoms with E-state index >= 15 is 0 Å². The van der Waals surface area contributed by atoms with Gasteiger partial charge in [0, 0.05) is 62.0 Å². The zero-order valence-electron chi connectivity index (χ0n) is 17.6. The van der Waals surface area contributed by atoms with Crippen molar-refractivity contribution in [3.05, 3.63) is 51.9 Å². The zero-order chi connectivity index (χ0) is 20.8. The van der Waals surface area contributed by atoms with E-state index in [0.29, 0.717) is 19.8 Å². The van der Waals surface area contributed by atoms with Crippen molar-refractivity contribution in [1.82, 2.24) is 14.9 Å². The van der Waals surface area contributed by atoms with Crippen molar-refractivity contribution >= 4 is 17.4 Å². The summed E-state index contributed by atoms with van der Waals surface area (Å²) in [6, 6.07) is 7.97. The second-order valence-electron chi connectivity index (χ2n) is 7.56. The number of benzene rings is 1. The van der Waals surface area contributed by atoms with Crippen molar-refractivity contribution in [2.24, 2.45) is 0 Å². The Morgan fingerprint density at radius 1 is 1.10 bits per heavy atom. The number of rotatable bonds is 8. The van der Waals surface area contributed by atoms with E-state index in [0.717, 1.165) is 55.0 Å². The van der Waals surface area contributed by atoms with Gasteiger partial charge in [-0.25, -0.2) is 9.97 Å². The van der Waals surface area contributed by atoms with Gasteiger partial charge in [0.25, 0.3) is 0 Å². The van der Waals surface area contributed by atoms with Gasteiger partial charge in [0.2, 0.25) is 0 Å². The van der Waals surface area contributed by atoms with Gasteiger partial charge in [0.1, 0.15) is 11.6 Å². The summed E-state index contributed by atoms with van der Waals surface area (Å²) in [5.41, 5.74) is 3.39. The summed E-state index contributed by atoms with van der Waals surface area (Å²) in [6.45, 7) is 11.2. The molecule has 3 rings (SSSR count). The Morgan fingerprint density at radius 2 is 1.79 bits per heavy atom. The van der Waals surface area contributed by atoms with Crippen molar-refractivity contribution < 1.29 is 9.84 Å². The Bertz CT molecular complexity index is 792. The fraction of sp³-hybridized carbons (Fsp3) is 0.545. The van der Waals surface area contributed by atoms with Crippen LogP contribution in [0.1, 0.15) is 29.6 Å². The van der Waals surface area contributed by atoms with Crippen molar-refractivity contribution in [1.29, 1.82) is 0 Å². The molecule has 6 nitrogen and oxygen atoms in total. The number of aliphatic hydroxyl groups is 1. The topological polar surface area (TPSA) is 61.7 Å². The molecule has 2 heterocycles. The summed E-state index contributed by atoms with van der Waals surface area (Å²) in [5, 5.41) is 10.8. The predicted molar refractivity (Wildman–Crippen MR) is 117 cm³/mol. The van der Waals surface area contributed by atoms with Crippen LogP contribution in [-0.2, 0) is 11.2 Å². The fourth-order valence-electron chi connectivity index (χ4n) is 3.74. The SMILES string of the molecule is CCOCC(O)CN1CCN(c2nc(C)nc(C)c2Cc2ccc(Cl)cc2)CC1. The molecule has 1 aliphatic heterocycles. The van der Waals surface area contributed by atoms with E-state index in [9.17, 15) is 5.11 Å². The van der Waals surface area contributed by atoms with Crippen LogP contribution in [0.2, 0.25) is 5.02 Å². The summed E-state index contributed by atoms with van der Waals surface area (Å²) in [4.78, 5) is 14.0. The van der Waals surface area contributed by atoms with Gasteiger partial charge in [0.15, 0.2) is 0 Å². The molecular weight excluding hydrogens is 388 g/mol. The number of hydrogen-bond donors (Lipinski definition) is 1. The minimum atomic E-state index is -0.439. The van der Waals surface area contributed by atoms with Gasteiger partial charge in [-0.05, 0) is 38.5 Å². The first kappa shape index (κ1) is 22.0. The molecule has 0 amide bonds. The number of piperazine rings is 1. The van der Waals surface area contributed by atoms with Gasteiger partial charge < -0.3 is 14.7 Å². The number of halogens is 1. The standard InChI is InChI=1S/C22H31ClN4O2/c1-4-29-15-20(28)14-26-9-11-27(12-10-26)22-21(16(2)24-17(3)25-22)13-18-5-7-19(23)8-6-18/h5-8,20,28H,4,9-15H2,1-3H3. The Labute approximate surface area is 178 Å². The third kappa shape index (κ3) is 6.12. The molecule has 0 bridgehead atoms. The van der Waals surface area contributed by atoms with Crippen molar-refractivity contribution in [2.45, 2.75) is 33.3 Å². The Balaban J connectivity index is 1.69. The molecule has 158 valence electrons. The summed E-state index contributed by atoms with van der Waals surface area (Å²) in [6.07, 6.45) is 0.344. The van der Waals surface area contributed by atoms with Crippen LogP contribution in [0.15, 0.2) is 24.3 Å². The second-order valence-corrected chi connectivity index (χ2v) is 8.00. The first-order chi connectivity index (χ1) is 14.0. The Hall–Kier alpha value is -1.73. The summed E-state index contributed by atoms with van der Waals surface area (Å²) < 4.78 is 5.32. The highest BCUT2D eigenvalue weighted by Crippen LogP contribution is 2.25. The molecule has 2 aromatic rings. The molecule has 1 saturated heterocycles. The van der Waals surface area contributed by atoms with E-state index < -0.39 is 6.10 Å². The van der Waals surface area contributed by atoms with E-state index in [1.807, 2.05) is 26.0 Å². The molecule has 0 radical (unpaired) electrons. The molecule has 1 atom stereocenters. The monoisotopic (exact) mass is 418 g/mol. The number of aryl methyl sites for hydroxylation is 2. The van der Waals surface area contributed by atoms with E-state index in [1.54, 1.807) is 0 Å². The van der Waals surface area contributed by atoms with Gasteiger partial charge in [0.05, 0.1) is 12.7 Å². The van der Waals surface area contributed by atoms with Gasteiger partial charge in [-0.2, -0.15) is 0 Å². The number of nitrogens with zero attached hydrogens (tertiary/aromatic N) is 4. The maximum absolute atomic E-state index is 10.1. The van der Waals surface area contributed by atoms with Crippen molar-refractivity contribution in [3.63, 3.8) is 0 Å². The minimum Gasteiger partial charge on any atom is -0.389 e.